The molecule has 0 aliphatic carbocycles. The zero-order valence-corrected chi connectivity index (χ0v) is 11.1. The first kappa shape index (κ1) is 14.0. The van der Waals surface area contributed by atoms with Crippen LogP contribution in [0, 0.1) is 6.92 Å². The van der Waals surface area contributed by atoms with Gasteiger partial charge in [0.05, 0.1) is 0 Å². The number of carbonyl (C=O) groups is 1. The van der Waals surface area contributed by atoms with E-state index >= 15 is 0 Å². The van der Waals surface area contributed by atoms with Crippen LogP contribution in [0.5, 0.6) is 0 Å². The molecular formula is C11H18ClN3O2. The van der Waals surface area contributed by atoms with Gasteiger partial charge in [0.1, 0.15) is 5.76 Å². The molecule has 0 radical (unpaired) electrons. The molecule has 2 atom stereocenters. The van der Waals surface area contributed by atoms with E-state index in [9.17, 15) is 4.79 Å². The van der Waals surface area contributed by atoms with E-state index in [0.717, 1.165) is 13.1 Å². The Hall–Kier alpha value is -1.07. The number of hydrogen-bond acceptors (Lipinski definition) is 4. The summed E-state index contributed by atoms with van der Waals surface area (Å²) in [6, 6.07) is 0.375. The maximum atomic E-state index is 12.3. The normalized spacial score (nSPS) is 24.3. The fraction of sp³-hybridized carbons (Fsp3) is 0.636. The van der Waals surface area contributed by atoms with Gasteiger partial charge >= 0.3 is 0 Å². The molecule has 0 aromatic carbocycles. The van der Waals surface area contributed by atoms with E-state index in [1.165, 1.54) is 6.39 Å². The Labute approximate surface area is 107 Å². The molecule has 1 aromatic heterocycles. The Morgan fingerprint density at radius 2 is 2.06 bits per heavy atom. The molecular weight excluding hydrogens is 242 g/mol. The first-order valence-electron chi connectivity index (χ1n) is 5.54. The highest BCUT2D eigenvalue weighted by molar-refractivity contribution is 5.93. The van der Waals surface area contributed by atoms with Gasteiger partial charge in [-0.05, 0) is 20.8 Å². The molecule has 0 spiro atoms. The van der Waals surface area contributed by atoms with Crippen molar-refractivity contribution in [1.29, 1.82) is 0 Å². The van der Waals surface area contributed by atoms with Gasteiger partial charge in [0.15, 0.2) is 12.1 Å². The van der Waals surface area contributed by atoms with Crippen molar-refractivity contribution >= 4 is 18.3 Å². The molecule has 6 heteroatoms. The smallest absolute Gasteiger partial charge is 0.276 e. The lowest BCUT2D eigenvalue weighted by Crippen LogP contribution is -2.57. The van der Waals surface area contributed by atoms with E-state index in [0.29, 0.717) is 11.5 Å². The van der Waals surface area contributed by atoms with Crippen molar-refractivity contribution < 1.29 is 9.21 Å². The number of amides is 1. The topological polar surface area (TPSA) is 58.4 Å². The number of nitrogens with one attached hydrogen (secondary N) is 1. The van der Waals surface area contributed by atoms with Gasteiger partial charge in [-0.25, -0.2) is 4.98 Å². The van der Waals surface area contributed by atoms with Crippen LogP contribution >= 0.6 is 12.4 Å². The molecule has 0 bridgehead atoms. The van der Waals surface area contributed by atoms with Gasteiger partial charge in [0, 0.05) is 25.2 Å². The second kappa shape index (κ2) is 5.51. The van der Waals surface area contributed by atoms with Crippen molar-refractivity contribution in [3.8, 4) is 0 Å². The van der Waals surface area contributed by atoms with Gasteiger partial charge in [-0.15, -0.1) is 12.4 Å². The van der Waals surface area contributed by atoms with E-state index in [1.807, 2.05) is 18.7 Å². The van der Waals surface area contributed by atoms with Crippen molar-refractivity contribution in [1.82, 2.24) is 15.2 Å². The molecule has 1 N–H and O–H groups in total. The maximum Gasteiger partial charge on any atom is 0.276 e. The number of oxazole rings is 1. The maximum absolute atomic E-state index is 12.3. The molecule has 2 rings (SSSR count). The van der Waals surface area contributed by atoms with E-state index in [1.54, 1.807) is 6.92 Å². The highest BCUT2D eigenvalue weighted by Crippen LogP contribution is 2.16. The minimum atomic E-state index is -0.0345. The number of aromatic nitrogens is 1. The van der Waals surface area contributed by atoms with Crippen molar-refractivity contribution in [2.45, 2.75) is 32.9 Å². The Bertz CT molecular complexity index is 384. The lowest BCUT2D eigenvalue weighted by atomic mass is 10.1. The Kier molecular flexibility index (Phi) is 4.54. The summed E-state index contributed by atoms with van der Waals surface area (Å²) in [7, 11) is 0. The number of rotatable bonds is 1. The summed E-state index contributed by atoms with van der Waals surface area (Å²) in [5.41, 5.74) is 0.431. The molecule has 17 heavy (non-hydrogen) atoms. The van der Waals surface area contributed by atoms with Crippen LogP contribution < -0.4 is 5.32 Å². The molecule has 2 heterocycles. The van der Waals surface area contributed by atoms with Gasteiger partial charge < -0.3 is 14.6 Å². The van der Waals surface area contributed by atoms with E-state index in [-0.39, 0.29) is 30.4 Å². The molecule has 1 fully saturated rings. The fourth-order valence-corrected chi connectivity index (χ4v) is 2.17. The van der Waals surface area contributed by atoms with Gasteiger partial charge in [0.25, 0.3) is 5.91 Å². The summed E-state index contributed by atoms with van der Waals surface area (Å²) >= 11 is 0. The van der Waals surface area contributed by atoms with Gasteiger partial charge in [0.2, 0.25) is 0 Å². The first-order valence-corrected chi connectivity index (χ1v) is 5.54. The number of piperazine rings is 1. The third kappa shape index (κ3) is 2.61. The largest absolute Gasteiger partial charge is 0.448 e. The standard InChI is InChI=1S/C11H17N3O2.ClH/c1-7-4-12-5-8(2)14(7)11(15)10-9(3)16-6-13-10;/h6-8,12H,4-5H2,1-3H3;1H. The number of nitrogens with zero attached hydrogens (tertiary/aromatic N) is 2. The number of carbonyl (C=O) groups excluding carboxylic acids is 1. The minimum absolute atomic E-state index is 0. The zero-order chi connectivity index (χ0) is 11.7. The zero-order valence-electron chi connectivity index (χ0n) is 10.3. The quantitative estimate of drug-likeness (QED) is 0.824. The third-order valence-corrected chi connectivity index (χ3v) is 3.01. The molecule has 0 saturated carbocycles. The minimum Gasteiger partial charge on any atom is -0.448 e. The first-order chi connectivity index (χ1) is 7.61. The predicted octanol–water partition coefficient (Wildman–Crippen LogP) is 1.23. The molecule has 96 valence electrons. The van der Waals surface area contributed by atoms with Gasteiger partial charge in [-0.3, -0.25) is 4.79 Å². The molecule has 1 amide bonds. The highest BCUT2D eigenvalue weighted by Gasteiger charge is 2.31. The Balaban J connectivity index is 0.00000144. The van der Waals surface area contributed by atoms with Crippen LogP contribution in [0.1, 0.15) is 30.1 Å². The van der Waals surface area contributed by atoms with Crippen LogP contribution in [0.3, 0.4) is 0 Å². The summed E-state index contributed by atoms with van der Waals surface area (Å²) in [4.78, 5) is 18.1. The lowest BCUT2D eigenvalue weighted by molar-refractivity contribution is 0.0537. The third-order valence-electron chi connectivity index (χ3n) is 3.01. The predicted molar refractivity (Wildman–Crippen MR) is 66.5 cm³/mol. The van der Waals surface area contributed by atoms with Crippen LogP contribution in [-0.2, 0) is 0 Å². The van der Waals surface area contributed by atoms with Crippen molar-refractivity contribution in [3.05, 3.63) is 17.8 Å². The van der Waals surface area contributed by atoms with Crippen LogP contribution in [0.2, 0.25) is 0 Å². The van der Waals surface area contributed by atoms with Crippen LogP contribution in [0.4, 0.5) is 0 Å². The summed E-state index contributed by atoms with van der Waals surface area (Å²) in [5, 5.41) is 3.29. The number of hydrogen-bond donors (Lipinski definition) is 1. The van der Waals surface area contributed by atoms with Crippen molar-refractivity contribution in [3.63, 3.8) is 0 Å². The molecule has 1 aromatic rings. The molecule has 2 unspecified atom stereocenters. The van der Waals surface area contributed by atoms with Crippen LogP contribution in [-0.4, -0.2) is 41.0 Å². The fourth-order valence-electron chi connectivity index (χ4n) is 2.17. The molecule has 1 aliphatic rings. The van der Waals surface area contributed by atoms with E-state index in [2.05, 4.69) is 10.3 Å². The second-order valence-corrected chi connectivity index (χ2v) is 4.33. The molecule has 1 aliphatic heterocycles. The second-order valence-electron chi connectivity index (χ2n) is 4.33. The van der Waals surface area contributed by atoms with Crippen LogP contribution in [0.25, 0.3) is 0 Å². The molecule has 5 nitrogen and oxygen atoms in total. The van der Waals surface area contributed by atoms with Crippen molar-refractivity contribution in [2.24, 2.45) is 0 Å². The average molecular weight is 260 g/mol. The summed E-state index contributed by atoms with van der Waals surface area (Å²) in [5.74, 6) is 0.552. The van der Waals surface area contributed by atoms with E-state index < -0.39 is 0 Å². The number of aryl methyl sites for hydroxylation is 1. The summed E-state index contributed by atoms with van der Waals surface area (Å²) < 4.78 is 5.07. The Morgan fingerprint density at radius 3 is 2.53 bits per heavy atom. The average Bonchev–Trinajstić information content (AvgIpc) is 2.64. The molecule has 1 saturated heterocycles. The Morgan fingerprint density at radius 1 is 1.47 bits per heavy atom. The SMILES string of the molecule is Cc1ocnc1C(=O)N1C(C)CNCC1C.Cl. The van der Waals surface area contributed by atoms with E-state index in [4.69, 9.17) is 4.42 Å². The van der Waals surface area contributed by atoms with Crippen molar-refractivity contribution in [2.75, 3.05) is 13.1 Å². The highest BCUT2D eigenvalue weighted by atomic mass is 35.5. The lowest BCUT2D eigenvalue weighted by Gasteiger charge is -2.39. The summed E-state index contributed by atoms with van der Waals surface area (Å²) in [6.45, 7) is 7.49. The summed E-state index contributed by atoms with van der Waals surface area (Å²) in [6.07, 6.45) is 1.32. The monoisotopic (exact) mass is 259 g/mol. The van der Waals surface area contributed by atoms with Gasteiger partial charge in [-0.2, -0.15) is 0 Å². The van der Waals surface area contributed by atoms with Gasteiger partial charge in [-0.1, -0.05) is 0 Å². The number of halogens is 1. The van der Waals surface area contributed by atoms with Crippen LogP contribution in [0.15, 0.2) is 10.8 Å².